The molecule has 0 amide bonds. The van der Waals surface area contributed by atoms with Gasteiger partial charge in [0.1, 0.15) is 0 Å². The lowest BCUT2D eigenvalue weighted by Gasteiger charge is -2.14. The first-order chi connectivity index (χ1) is 8.54. The predicted molar refractivity (Wildman–Crippen MR) is 61.2 cm³/mol. The zero-order valence-corrected chi connectivity index (χ0v) is 9.53. The van der Waals surface area contributed by atoms with E-state index in [4.69, 9.17) is 4.74 Å². The zero-order valence-electron chi connectivity index (χ0n) is 9.53. The van der Waals surface area contributed by atoms with Gasteiger partial charge in [0.15, 0.2) is 11.4 Å². The van der Waals surface area contributed by atoms with Gasteiger partial charge >= 0.3 is 6.18 Å². The number of rotatable bonds is 2. The van der Waals surface area contributed by atoms with Gasteiger partial charge in [-0.3, -0.25) is 0 Å². The van der Waals surface area contributed by atoms with Crippen molar-refractivity contribution in [2.45, 2.75) is 6.18 Å². The van der Waals surface area contributed by atoms with Crippen LogP contribution in [0.5, 0.6) is 5.75 Å². The summed E-state index contributed by atoms with van der Waals surface area (Å²) in [4.78, 5) is 3.36. The summed E-state index contributed by atoms with van der Waals surface area (Å²) in [5.41, 5.74) is 0.0222. The Hall–Kier alpha value is -2.04. The van der Waals surface area contributed by atoms with Crippen molar-refractivity contribution in [1.29, 1.82) is 0 Å². The highest BCUT2D eigenvalue weighted by Crippen LogP contribution is 2.40. The van der Waals surface area contributed by atoms with Gasteiger partial charge in [0, 0.05) is 11.8 Å². The molecule has 0 atom stereocenters. The van der Waals surface area contributed by atoms with Gasteiger partial charge in [-0.25, -0.2) is 4.98 Å². The van der Waals surface area contributed by atoms with Crippen LogP contribution in [0.1, 0.15) is 5.69 Å². The molecule has 1 heterocycles. The molecule has 94 valence electrons. The van der Waals surface area contributed by atoms with E-state index in [0.717, 1.165) is 6.20 Å². The molecule has 0 aliphatic heterocycles. The van der Waals surface area contributed by atoms with E-state index in [0.29, 0.717) is 11.1 Å². The molecule has 0 saturated heterocycles. The molecule has 0 spiro atoms. The smallest absolute Gasteiger partial charge is 0.437 e. The molecule has 0 saturated carbocycles. The number of aromatic nitrogens is 1. The van der Waals surface area contributed by atoms with E-state index in [1.165, 1.54) is 13.2 Å². The molecule has 1 aromatic heterocycles. The Morgan fingerprint density at radius 2 is 1.72 bits per heavy atom. The molecule has 0 radical (unpaired) electrons. The normalized spacial score (nSPS) is 11.3. The van der Waals surface area contributed by atoms with Crippen molar-refractivity contribution in [2.75, 3.05) is 7.11 Å². The average molecular weight is 253 g/mol. The Kier molecular flexibility index (Phi) is 3.23. The Balaban J connectivity index is 2.63. The number of benzene rings is 1. The van der Waals surface area contributed by atoms with Gasteiger partial charge < -0.3 is 4.74 Å². The van der Waals surface area contributed by atoms with Crippen LogP contribution in [0.4, 0.5) is 13.2 Å². The third kappa shape index (κ3) is 2.30. The van der Waals surface area contributed by atoms with E-state index < -0.39 is 11.9 Å². The Morgan fingerprint density at radius 1 is 1.06 bits per heavy atom. The van der Waals surface area contributed by atoms with Gasteiger partial charge in [0.2, 0.25) is 0 Å². The van der Waals surface area contributed by atoms with Gasteiger partial charge in [-0.2, -0.15) is 13.2 Å². The minimum absolute atomic E-state index is 0.254. The number of hydrogen-bond donors (Lipinski definition) is 0. The second-order valence-electron chi connectivity index (χ2n) is 3.60. The van der Waals surface area contributed by atoms with Crippen LogP contribution >= 0.6 is 0 Å². The zero-order chi connectivity index (χ0) is 13.2. The van der Waals surface area contributed by atoms with Gasteiger partial charge in [-0.05, 0) is 11.6 Å². The van der Waals surface area contributed by atoms with Crippen LogP contribution in [-0.4, -0.2) is 12.1 Å². The summed E-state index contributed by atoms with van der Waals surface area (Å²) < 4.78 is 43.2. The number of halogens is 3. The number of hydrogen-bond acceptors (Lipinski definition) is 2. The fourth-order valence-electron chi connectivity index (χ4n) is 1.70. The van der Waals surface area contributed by atoms with Crippen molar-refractivity contribution in [3.05, 3.63) is 48.3 Å². The molecule has 2 rings (SSSR count). The van der Waals surface area contributed by atoms with Crippen LogP contribution in [0.3, 0.4) is 0 Å². The molecule has 1 aromatic carbocycles. The van der Waals surface area contributed by atoms with Crippen LogP contribution in [0.2, 0.25) is 0 Å². The number of methoxy groups -OCH3 is 1. The Labute approximate surface area is 102 Å². The third-order valence-corrected chi connectivity index (χ3v) is 2.46. The maximum absolute atomic E-state index is 12.8. The fourth-order valence-corrected chi connectivity index (χ4v) is 1.70. The molecular formula is C13H10F3NO. The molecule has 18 heavy (non-hydrogen) atoms. The van der Waals surface area contributed by atoms with Crippen molar-refractivity contribution in [3.63, 3.8) is 0 Å². The fraction of sp³-hybridized carbons (Fsp3) is 0.154. The summed E-state index contributed by atoms with van der Waals surface area (Å²) in [5, 5.41) is 0. The maximum atomic E-state index is 12.8. The third-order valence-electron chi connectivity index (χ3n) is 2.46. The van der Waals surface area contributed by atoms with Gasteiger partial charge in [-0.1, -0.05) is 30.3 Å². The van der Waals surface area contributed by atoms with Crippen LogP contribution in [0, 0.1) is 0 Å². The van der Waals surface area contributed by atoms with Crippen molar-refractivity contribution < 1.29 is 17.9 Å². The number of ether oxygens (including phenoxy) is 1. The molecule has 0 fully saturated rings. The second kappa shape index (κ2) is 4.68. The summed E-state index contributed by atoms with van der Waals surface area (Å²) in [6.07, 6.45) is -3.40. The van der Waals surface area contributed by atoms with Gasteiger partial charge in [0.05, 0.1) is 7.11 Å². The highest BCUT2D eigenvalue weighted by Gasteiger charge is 2.37. The van der Waals surface area contributed by atoms with Crippen molar-refractivity contribution in [3.8, 4) is 16.9 Å². The molecule has 2 nitrogen and oxygen atoms in total. The summed E-state index contributed by atoms with van der Waals surface area (Å²) in [5.74, 6) is -0.254. The molecule has 2 aromatic rings. The molecular weight excluding hydrogens is 243 g/mol. The Bertz CT molecular complexity index is 538. The Morgan fingerprint density at radius 3 is 2.28 bits per heavy atom. The van der Waals surface area contributed by atoms with E-state index >= 15 is 0 Å². The van der Waals surface area contributed by atoms with E-state index in [-0.39, 0.29) is 5.75 Å². The molecule has 0 N–H and O–H groups in total. The van der Waals surface area contributed by atoms with E-state index in [1.807, 2.05) is 0 Å². The van der Waals surface area contributed by atoms with Crippen LogP contribution in [0.15, 0.2) is 42.6 Å². The maximum Gasteiger partial charge on any atom is 0.437 e. The van der Waals surface area contributed by atoms with E-state index in [1.54, 1.807) is 30.3 Å². The van der Waals surface area contributed by atoms with E-state index in [2.05, 4.69) is 4.98 Å². The monoisotopic (exact) mass is 253 g/mol. The van der Waals surface area contributed by atoms with Crippen molar-refractivity contribution in [1.82, 2.24) is 4.98 Å². The van der Waals surface area contributed by atoms with Crippen LogP contribution < -0.4 is 4.74 Å². The van der Waals surface area contributed by atoms with Crippen molar-refractivity contribution in [2.24, 2.45) is 0 Å². The lowest BCUT2D eigenvalue weighted by molar-refractivity contribution is -0.142. The highest BCUT2D eigenvalue weighted by atomic mass is 19.4. The number of nitrogens with zero attached hydrogens (tertiary/aromatic N) is 1. The van der Waals surface area contributed by atoms with Crippen LogP contribution in [-0.2, 0) is 6.18 Å². The molecule has 0 aliphatic carbocycles. The molecule has 5 heteroatoms. The average Bonchev–Trinajstić information content (AvgIpc) is 2.37. The predicted octanol–water partition coefficient (Wildman–Crippen LogP) is 3.78. The first-order valence-electron chi connectivity index (χ1n) is 5.19. The lowest BCUT2D eigenvalue weighted by atomic mass is 10.0. The first kappa shape index (κ1) is 12.4. The molecule has 0 bridgehead atoms. The van der Waals surface area contributed by atoms with Crippen LogP contribution in [0.25, 0.3) is 11.1 Å². The quantitative estimate of drug-likeness (QED) is 0.812. The first-order valence-corrected chi connectivity index (χ1v) is 5.19. The number of alkyl halides is 3. The summed E-state index contributed by atoms with van der Waals surface area (Å²) >= 11 is 0. The highest BCUT2D eigenvalue weighted by molar-refractivity contribution is 5.71. The molecule has 0 unspecified atom stereocenters. The minimum atomic E-state index is -4.53. The molecule has 0 aliphatic rings. The largest absolute Gasteiger partial charge is 0.494 e. The topological polar surface area (TPSA) is 22.1 Å². The van der Waals surface area contributed by atoms with E-state index in [9.17, 15) is 13.2 Å². The van der Waals surface area contributed by atoms with Gasteiger partial charge in [0.25, 0.3) is 0 Å². The summed E-state index contributed by atoms with van der Waals surface area (Å²) in [6.45, 7) is 0. The minimum Gasteiger partial charge on any atom is -0.494 e. The SMILES string of the molecule is COc1c(-c2ccccc2)ccnc1C(F)(F)F. The number of pyridine rings is 1. The van der Waals surface area contributed by atoms with Gasteiger partial charge in [-0.15, -0.1) is 0 Å². The summed E-state index contributed by atoms with van der Waals surface area (Å²) in [7, 11) is 1.21. The standard InChI is InChI=1S/C13H10F3NO/c1-18-11-10(9-5-3-2-4-6-9)7-8-17-12(11)13(14,15)16/h2-8H,1H3. The van der Waals surface area contributed by atoms with Crippen molar-refractivity contribution >= 4 is 0 Å². The lowest BCUT2D eigenvalue weighted by Crippen LogP contribution is -2.10. The summed E-state index contributed by atoms with van der Waals surface area (Å²) in [6, 6.07) is 10.2. The second-order valence-corrected chi connectivity index (χ2v) is 3.60.